The van der Waals surface area contributed by atoms with Crippen LogP contribution in [0.1, 0.15) is 74.6 Å². The second-order valence-corrected chi connectivity index (χ2v) is 8.57. The van der Waals surface area contributed by atoms with Crippen LogP contribution in [0.25, 0.3) is 5.57 Å². The maximum Gasteiger partial charge on any atom is 0.0658 e. The second kappa shape index (κ2) is 13.2. The third kappa shape index (κ3) is 6.52. The molecular formula is C28H41N3O. The van der Waals surface area contributed by atoms with Gasteiger partial charge in [0, 0.05) is 43.4 Å². The van der Waals surface area contributed by atoms with Crippen molar-refractivity contribution < 1.29 is 4.74 Å². The Morgan fingerprint density at radius 3 is 2.53 bits per heavy atom. The van der Waals surface area contributed by atoms with E-state index in [1.165, 1.54) is 51.8 Å². The number of unbranched alkanes of at least 4 members (excludes halogenated alkanes) is 1. The van der Waals surface area contributed by atoms with Gasteiger partial charge in [-0.15, -0.1) is 0 Å². The lowest BCUT2D eigenvalue weighted by atomic mass is 9.78. The number of hydrogen-bond donors (Lipinski definition) is 1. The van der Waals surface area contributed by atoms with Gasteiger partial charge < -0.3 is 10.5 Å². The third-order valence-electron chi connectivity index (χ3n) is 6.02. The van der Waals surface area contributed by atoms with E-state index in [-0.39, 0.29) is 0 Å². The Hall–Kier alpha value is -2.46. The molecule has 1 aliphatic rings. The summed E-state index contributed by atoms with van der Waals surface area (Å²) in [5, 5.41) is 0. The summed E-state index contributed by atoms with van der Waals surface area (Å²) in [6.45, 7) is 9.83. The molecule has 32 heavy (non-hydrogen) atoms. The number of nitrogens with two attached hydrogens (primary N) is 1. The van der Waals surface area contributed by atoms with Crippen molar-refractivity contribution in [3.05, 3.63) is 62.9 Å². The summed E-state index contributed by atoms with van der Waals surface area (Å²) in [5.41, 5.74) is 17.5. The first-order valence-corrected chi connectivity index (χ1v) is 11.9. The highest BCUT2D eigenvalue weighted by Crippen LogP contribution is 2.41. The van der Waals surface area contributed by atoms with E-state index in [2.05, 4.69) is 49.0 Å². The number of rotatable bonds is 10. The highest BCUT2D eigenvalue weighted by Gasteiger charge is 2.23. The molecule has 2 rings (SSSR count). The molecule has 4 heteroatoms. The monoisotopic (exact) mass is 435 g/mol. The van der Waals surface area contributed by atoms with Gasteiger partial charge in [-0.25, -0.2) is 0 Å². The second-order valence-electron chi connectivity index (χ2n) is 8.57. The summed E-state index contributed by atoms with van der Waals surface area (Å²) in [4.78, 5) is 8.99. The summed E-state index contributed by atoms with van der Waals surface area (Å²) >= 11 is 0. The molecule has 0 radical (unpaired) electrons. The van der Waals surface area contributed by atoms with Crippen molar-refractivity contribution in [2.75, 3.05) is 27.3 Å². The maximum absolute atomic E-state index is 6.42. The van der Waals surface area contributed by atoms with Crippen LogP contribution in [0.3, 0.4) is 0 Å². The summed E-state index contributed by atoms with van der Waals surface area (Å²) in [7, 11) is 3.55. The number of methoxy groups -OCH3 is 1. The Labute approximate surface area is 195 Å². The van der Waals surface area contributed by atoms with Crippen molar-refractivity contribution in [3.63, 3.8) is 0 Å². The molecule has 0 aromatic heterocycles. The molecule has 4 nitrogen and oxygen atoms in total. The van der Waals surface area contributed by atoms with Gasteiger partial charge in [-0.1, -0.05) is 31.6 Å². The smallest absolute Gasteiger partial charge is 0.0658 e. The minimum absolute atomic E-state index is 0.609. The molecule has 1 aromatic rings. The molecule has 0 aliphatic heterocycles. The molecule has 2 N–H and O–H groups in total. The average molecular weight is 436 g/mol. The molecule has 0 amide bonds. The molecular weight excluding hydrogens is 394 g/mol. The van der Waals surface area contributed by atoms with Crippen LogP contribution in [-0.4, -0.2) is 39.7 Å². The van der Waals surface area contributed by atoms with Crippen molar-refractivity contribution in [2.24, 2.45) is 15.7 Å². The van der Waals surface area contributed by atoms with Gasteiger partial charge in [0.25, 0.3) is 0 Å². The van der Waals surface area contributed by atoms with Crippen molar-refractivity contribution >= 4 is 18.0 Å². The third-order valence-corrected chi connectivity index (χ3v) is 6.02. The van der Waals surface area contributed by atoms with Gasteiger partial charge in [0.2, 0.25) is 0 Å². The van der Waals surface area contributed by atoms with Crippen LogP contribution in [0.15, 0.2) is 50.6 Å². The fraction of sp³-hybridized carbons (Fsp3) is 0.500. The molecule has 174 valence electrons. The summed E-state index contributed by atoms with van der Waals surface area (Å²) in [6, 6.07) is 4.44. The predicted molar refractivity (Wildman–Crippen MR) is 140 cm³/mol. The lowest BCUT2D eigenvalue weighted by Crippen LogP contribution is -2.11. The first-order chi connectivity index (χ1) is 15.5. The fourth-order valence-corrected chi connectivity index (χ4v) is 4.38. The number of allylic oxidation sites excluding steroid dienone is 6. The van der Waals surface area contributed by atoms with Gasteiger partial charge in [-0.2, -0.15) is 0 Å². The number of nitrogens with zero attached hydrogens (tertiary/aromatic N) is 2. The van der Waals surface area contributed by atoms with E-state index in [1.807, 2.05) is 26.4 Å². The van der Waals surface area contributed by atoms with Crippen LogP contribution >= 0.6 is 0 Å². The van der Waals surface area contributed by atoms with Crippen LogP contribution in [0.2, 0.25) is 0 Å². The van der Waals surface area contributed by atoms with E-state index in [1.54, 1.807) is 7.11 Å². The Balaban J connectivity index is 2.75. The van der Waals surface area contributed by atoms with E-state index in [0.717, 1.165) is 37.0 Å². The number of benzene rings is 1. The van der Waals surface area contributed by atoms with Crippen LogP contribution in [-0.2, 0) is 4.74 Å². The molecule has 0 fully saturated rings. The molecule has 0 atom stereocenters. The standard InChI is InChI=1S/C28H41N3O/c1-7-8-11-24(27(22(4)29)19-31-16-17-32-6)23-12-9-10-13-25(23)28-21(3)15-14-20(2)26(28)18-30-5/h11,14-15,18-19H,7-10,12-13,16-17,29H2,1-6H3/b24-11-,27-22+,30-18?,31-19?. The van der Waals surface area contributed by atoms with Gasteiger partial charge in [0.05, 0.1) is 13.2 Å². The van der Waals surface area contributed by atoms with Crippen LogP contribution in [0.5, 0.6) is 0 Å². The highest BCUT2D eigenvalue weighted by molar-refractivity contribution is 5.95. The number of ether oxygens (including phenoxy) is 1. The van der Waals surface area contributed by atoms with E-state index in [0.29, 0.717) is 13.2 Å². The quantitative estimate of drug-likeness (QED) is 0.264. The van der Waals surface area contributed by atoms with E-state index < -0.39 is 0 Å². The minimum atomic E-state index is 0.609. The fourth-order valence-electron chi connectivity index (χ4n) is 4.38. The molecule has 0 saturated carbocycles. The first-order valence-electron chi connectivity index (χ1n) is 11.9. The Kier molecular flexibility index (Phi) is 10.6. The normalized spacial score (nSPS) is 16.4. The topological polar surface area (TPSA) is 60.0 Å². The first kappa shape index (κ1) is 25.8. The van der Waals surface area contributed by atoms with Crippen molar-refractivity contribution in [2.45, 2.75) is 66.2 Å². The number of aryl methyl sites for hydroxylation is 2. The zero-order valence-corrected chi connectivity index (χ0v) is 20.9. The molecule has 0 heterocycles. The molecule has 0 bridgehead atoms. The van der Waals surface area contributed by atoms with E-state index in [4.69, 9.17) is 10.5 Å². The highest BCUT2D eigenvalue weighted by atomic mass is 16.5. The van der Waals surface area contributed by atoms with Crippen molar-refractivity contribution in [1.29, 1.82) is 0 Å². The van der Waals surface area contributed by atoms with Crippen LogP contribution in [0.4, 0.5) is 0 Å². The van der Waals surface area contributed by atoms with E-state index >= 15 is 0 Å². The van der Waals surface area contributed by atoms with Gasteiger partial charge in [0.15, 0.2) is 0 Å². The van der Waals surface area contributed by atoms with Crippen LogP contribution in [0, 0.1) is 13.8 Å². The zero-order chi connectivity index (χ0) is 23.5. The number of hydrogen-bond acceptors (Lipinski definition) is 4. The summed E-state index contributed by atoms with van der Waals surface area (Å²) in [5.74, 6) is 0. The van der Waals surface area contributed by atoms with E-state index in [9.17, 15) is 0 Å². The average Bonchev–Trinajstić information content (AvgIpc) is 2.78. The maximum atomic E-state index is 6.42. The van der Waals surface area contributed by atoms with Gasteiger partial charge >= 0.3 is 0 Å². The molecule has 1 aromatic carbocycles. The van der Waals surface area contributed by atoms with Gasteiger partial charge in [-0.05, 0) is 86.3 Å². The zero-order valence-electron chi connectivity index (χ0n) is 20.9. The SMILES string of the molecule is CCC/C=C(C1=C(c2c(C)ccc(C)c2C=NC)CCCC1)\C(C=NCCOC)=C(/C)N. The van der Waals surface area contributed by atoms with Crippen LogP contribution < -0.4 is 5.73 Å². The Morgan fingerprint density at radius 1 is 1.16 bits per heavy atom. The largest absolute Gasteiger partial charge is 0.402 e. The molecule has 0 unspecified atom stereocenters. The Bertz CT molecular complexity index is 928. The molecule has 0 spiro atoms. The lowest BCUT2D eigenvalue weighted by Gasteiger charge is -2.27. The Morgan fingerprint density at radius 2 is 1.88 bits per heavy atom. The van der Waals surface area contributed by atoms with Gasteiger partial charge in [0.1, 0.15) is 0 Å². The number of aliphatic imine (C=N–C) groups is 2. The van der Waals surface area contributed by atoms with Crippen molar-refractivity contribution in [1.82, 2.24) is 0 Å². The van der Waals surface area contributed by atoms with Crippen molar-refractivity contribution in [3.8, 4) is 0 Å². The molecule has 1 aliphatic carbocycles. The minimum Gasteiger partial charge on any atom is -0.402 e. The summed E-state index contributed by atoms with van der Waals surface area (Å²) in [6.07, 6.45) is 13.0. The van der Waals surface area contributed by atoms with Gasteiger partial charge in [-0.3, -0.25) is 9.98 Å². The molecule has 0 saturated heterocycles. The predicted octanol–water partition coefficient (Wildman–Crippen LogP) is 6.36. The summed E-state index contributed by atoms with van der Waals surface area (Å²) < 4.78 is 5.16. The lowest BCUT2D eigenvalue weighted by molar-refractivity contribution is 0.208.